The molecule has 1 heterocycles. The number of hydrogen-bond donors (Lipinski definition) is 2. The molecule has 1 aliphatic rings. The van der Waals surface area contributed by atoms with Gasteiger partial charge in [0.15, 0.2) is 0 Å². The van der Waals surface area contributed by atoms with Crippen LogP contribution in [0.3, 0.4) is 0 Å². The first-order valence-electron chi connectivity index (χ1n) is 5.54. The van der Waals surface area contributed by atoms with E-state index >= 15 is 0 Å². The highest BCUT2D eigenvalue weighted by atomic mass is 16.1. The van der Waals surface area contributed by atoms with Gasteiger partial charge in [-0.1, -0.05) is 0 Å². The van der Waals surface area contributed by atoms with Gasteiger partial charge in [-0.15, -0.1) is 0 Å². The van der Waals surface area contributed by atoms with Crippen LogP contribution in [0.25, 0.3) is 0 Å². The van der Waals surface area contributed by atoms with Crippen LogP contribution in [0.2, 0.25) is 0 Å². The molecule has 0 bridgehead atoms. The predicted molar refractivity (Wildman–Crippen MR) is 65.5 cm³/mol. The van der Waals surface area contributed by atoms with Crippen molar-refractivity contribution in [2.45, 2.75) is 12.8 Å². The van der Waals surface area contributed by atoms with Crippen molar-refractivity contribution < 1.29 is 4.79 Å². The third-order valence-electron chi connectivity index (χ3n) is 2.98. The van der Waals surface area contributed by atoms with Gasteiger partial charge < -0.3 is 16.0 Å². The van der Waals surface area contributed by atoms with Crippen LogP contribution in [0.4, 0.5) is 11.4 Å². The fourth-order valence-corrected chi connectivity index (χ4v) is 2.08. The Hall–Kier alpha value is -1.71. The van der Waals surface area contributed by atoms with Gasteiger partial charge in [0.2, 0.25) is 5.91 Å². The maximum atomic E-state index is 11.2. The Morgan fingerprint density at radius 1 is 1.56 bits per heavy atom. The summed E-state index contributed by atoms with van der Waals surface area (Å²) in [6, 6.07) is 5.98. The maximum Gasteiger partial charge on any atom is 0.221 e. The van der Waals surface area contributed by atoms with Gasteiger partial charge in [0.25, 0.3) is 0 Å². The van der Waals surface area contributed by atoms with E-state index in [1.165, 1.54) is 11.3 Å². The highest BCUT2D eigenvalue weighted by molar-refractivity contribution is 5.76. The van der Waals surface area contributed by atoms with E-state index in [0.29, 0.717) is 6.42 Å². The summed E-state index contributed by atoms with van der Waals surface area (Å²) in [5.74, 6) is 0.0869. The lowest BCUT2D eigenvalue weighted by molar-refractivity contribution is -0.120. The van der Waals surface area contributed by atoms with Gasteiger partial charge in [0, 0.05) is 37.9 Å². The summed E-state index contributed by atoms with van der Waals surface area (Å²) < 4.78 is 0. The van der Waals surface area contributed by atoms with Crippen molar-refractivity contribution in [3.05, 3.63) is 23.8 Å². The van der Waals surface area contributed by atoms with Gasteiger partial charge in [0.1, 0.15) is 0 Å². The van der Waals surface area contributed by atoms with Gasteiger partial charge in [-0.25, -0.2) is 0 Å². The number of nitrogens with zero attached hydrogens (tertiary/aromatic N) is 1. The predicted octanol–water partition coefficient (Wildman–Crippen LogP) is 0.767. The molecule has 4 nitrogen and oxygen atoms in total. The van der Waals surface area contributed by atoms with Crippen LogP contribution in [0.15, 0.2) is 18.2 Å². The number of nitrogens with two attached hydrogens (primary N) is 1. The standard InChI is InChI=1S/C12H17N3O/c1-14-12(16)5-7-15-6-4-9-8-10(13)2-3-11(9)15/h2-3,8H,4-7,13H2,1H3,(H,14,16). The maximum absolute atomic E-state index is 11.2. The summed E-state index contributed by atoms with van der Waals surface area (Å²) >= 11 is 0. The van der Waals surface area contributed by atoms with Gasteiger partial charge in [-0.3, -0.25) is 4.79 Å². The molecule has 1 aromatic rings. The molecule has 0 spiro atoms. The molecule has 0 aliphatic carbocycles. The van der Waals surface area contributed by atoms with E-state index in [1.807, 2.05) is 18.2 Å². The van der Waals surface area contributed by atoms with Crippen LogP contribution in [-0.2, 0) is 11.2 Å². The van der Waals surface area contributed by atoms with Crippen molar-refractivity contribution in [3.63, 3.8) is 0 Å². The number of nitrogen functional groups attached to an aromatic ring is 1. The molecule has 0 unspecified atom stereocenters. The topological polar surface area (TPSA) is 58.4 Å². The summed E-state index contributed by atoms with van der Waals surface area (Å²) in [5.41, 5.74) is 9.06. The largest absolute Gasteiger partial charge is 0.399 e. The number of carbonyl (C=O) groups is 1. The van der Waals surface area contributed by atoms with Crippen LogP contribution >= 0.6 is 0 Å². The number of nitrogens with one attached hydrogen (secondary N) is 1. The van der Waals surface area contributed by atoms with Crippen LogP contribution < -0.4 is 16.0 Å². The molecule has 3 N–H and O–H groups in total. The summed E-state index contributed by atoms with van der Waals surface area (Å²) in [4.78, 5) is 13.4. The molecule has 0 saturated heterocycles. The van der Waals surface area contributed by atoms with E-state index in [0.717, 1.165) is 25.2 Å². The van der Waals surface area contributed by atoms with Crippen molar-refractivity contribution in [3.8, 4) is 0 Å². The molecule has 1 aromatic carbocycles. The second kappa shape index (κ2) is 4.43. The molecule has 1 amide bonds. The summed E-state index contributed by atoms with van der Waals surface area (Å²) in [7, 11) is 1.67. The Bertz CT molecular complexity index is 403. The molecule has 4 heteroatoms. The smallest absolute Gasteiger partial charge is 0.221 e. The van der Waals surface area contributed by atoms with Crippen molar-refractivity contribution in [2.75, 3.05) is 30.8 Å². The number of hydrogen-bond acceptors (Lipinski definition) is 3. The van der Waals surface area contributed by atoms with Crippen LogP contribution in [0.1, 0.15) is 12.0 Å². The molecule has 1 aliphatic heterocycles. The monoisotopic (exact) mass is 219 g/mol. The van der Waals surface area contributed by atoms with Crippen molar-refractivity contribution in [2.24, 2.45) is 0 Å². The molecule has 0 saturated carbocycles. The molecule has 0 radical (unpaired) electrons. The van der Waals surface area contributed by atoms with E-state index < -0.39 is 0 Å². The van der Waals surface area contributed by atoms with Gasteiger partial charge in [-0.2, -0.15) is 0 Å². The molecule has 0 atom stereocenters. The lowest BCUT2D eigenvalue weighted by atomic mass is 10.1. The lowest BCUT2D eigenvalue weighted by Crippen LogP contribution is -2.27. The molecule has 0 fully saturated rings. The third-order valence-corrected chi connectivity index (χ3v) is 2.98. The second-order valence-corrected chi connectivity index (χ2v) is 4.05. The third kappa shape index (κ3) is 2.10. The van der Waals surface area contributed by atoms with Crippen LogP contribution in [-0.4, -0.2) is 26.0 Å². The minimum Gasteiger partial charge on any atom is -0.399 e. The first-order valence-corrected chi connectivity index (χ1v) is 5.54. The number of amides is 1. The van der Waals surface area contributed by atoms with E-state index in [4.69, 9.17) is 5.73 Å². The van der Waals surface area contributed by atoms with E-state index in [-0.39, 0.29) is 5.91 Å². The molecule has 16 heavy (non-hydrogen) atoms. The van der Waals surface area contributed by atoms with Crippen molar-refractivity contribution in [1.82, 2.24) is 5.32 Å². The first kappa shape index (κ1) is 10.8. The highest BCUT2D eigenvalue weighted by Gasteiger charge is 2.19. The lowest BCUT2D eigenvalue weighted by Gasteiger charge is -2.18. The Kier molecular flexibility index (Phi) is 2.99. The van der Waals surface area contributed by atoms with Crippen LogP contribution in [0, 0.1) is 0 Å². The van der Waals surface area contributed by atoms with E-state index in [1.54, 1.807) is 7.05 Å². The SMILES string of the molecule is CNC(=O)CCN1CCc2cc(N)ccc21. The zero-order chi connectivity index (χ0) is 11.5. The normalized spacial score (nSPS) is 13.7. The minimum absolute atomic E-state index is 0.0869. The Morgan fingerprint density at radius 3 is 3.12 bits per heavy atom. The van der Waals surface area contributed by atoms with Crippen molar-refractivity contribution in [1.29, 1.82) is 0 Å². The van der Waals surface area contributed by atoms with E-state index in [9.17, 15) is 4.79 Å². The Labute approximate surface area is 95.4 Å². The molecular formula is C12H17N3O. The van der Waals surface area contributed by atoms with Gasteiger partial charge in [-0.05, 0) is 30.2 Å². The van der Waals surface area contributed by atoms with Crippen molar-refractivity contribution >= 4 is 17.3 Å². The molecule has 0 aromatic heterocycles. The highest BCUT2D eigenvalue weighted by Crippen LogP contribution is 2.29. The number of carbonyl (C=O) groups excluding carboxylic acids is 1. The minimum atomic E-state index is 0.0869. The fraction of sp³-hybridized carbons (Fsp3) is 0.417. The Morgan fingerprint density at radius 2 is 2.38 bits per heavy atom. The summed E-state index contributed by atoms with van der Waals surface area (Å²) in [5, 5.41) is 2.64. The number of anilines is 2. The molecule has 2 rings (SSSR count). The first-order chi connectivity index (χ1) is 7.70. The van der Waals surface area contributed by atoms with Crippen LogP contribution in [0.5, 0.6) is 0 Å². The molecular weight excluding hydrogens is 202 g/mol. The summed E-state index contributed by atoms with van der Waals surface area (Å²) in [6.07, 6.45) is 1.56. The second-order valence-electron chi connectivity index (χ2n) is 4.05. The quantitative estimate of drug-likeness (QED) is 0.738. The Balaban J connectivity index is 2.03. The fourth-order valence-electron chi connectivity index (χ4n) is 2.08. The summed E-state index contributed by atoms with van der Waals surface area (Å²) in [6.45, 7) is 1.76. The zero-order valence-corrected chi connectivity index (χ0v) is 9.49. The van der Waals surface area contributed by atoms with Gasteiger partial charge >= 0.3 is 0 Å². The van der Waals surface area contributed by atoms with E-state index in [2.05, 4.69) is 10.2 Å². The van der Waals surface area contributed by atoms with Gasteiger partial charge in [0.05, 0.1) is 0 Å². The number of fused-ring (bicyclic) bond motifs is 1. The zero-order valence-electron chi connectivity index (χ0n) is 9.49. The average molecular weight is 219 g/mol. The number of rotatable bonds is 3. The number of benzene rings is 1. The molecule has 86 valence electrons. The average Bonchev–Trinajstić information content (AvgIpc) is 2.68.